The molecule has 2 fully saturated rings. The van der Waals surface area contributed by atoms with Gasteiger partial charge in [-0.1, -0.05) is 17.7 Å². The molecule has 2 saturated heterocycles. The van der Waals surface area contributed by atoms with E-state index >= 15 is 0 Å². The SMILES string of the molecule is CC(CN1C(=O)CCC1=O)=NNC(=O)C1CCN(S(=O)(=O)c2ccc(C)cc2)CC1. The van der Waals surface area contributed by atoms with E-state index in [1.54, 1.807) is 31.2 Å². The summed E-state index contributed by atoms with van der Waals surface area (Å²) in [4.78, 5) is 37.1. The number of hydrogen-bond acceptors (Lipinski definition) is 6. The molecule has 162 valence electrons. The molecule has 0 aromatic heterocycles. The van der Waals surface area contributed by atoms with Gasteiger partial charge in [0.05, 0.1) is 17.2 Å². The van der Waals surface area contributed by atoms with Gasteiger partial charge in [0.15, 0.2) is 0 Å². The number of sulfonamides is 1. The number of carbonyl (C=O) groups is 3. The summed E-state index contributed by atoms with van der Waals surface area (Å²) in [5, 5.41) is 3.99. The maximum absolute atomic E-state index is 12.8. The molecule has 3 rings (SSSR count). The number of aryl methyl sites for hydroxylation is 1. The van der Waals surface area contributed by atoms with Gasteiger partial charge in [-0.25, -0.2) is 13.8 Å². The number of carbonyl (C=O) groups excluding carboxylic acids is 3. The first kappa shape index (κ1) is 22.1. The lowest BCUT2D eigenvalue weighted by molar-refractivity contribution is -0.137. The fraction of sp³-hybridized carbons (Fsp3) is 0.500. The Labute approximate surface area is 176 Å². The molecule has 2 aliphatic heterocycles. The Balaban J connectivity index is 1.52. The van der Waals surface area contributed by atoms with E-state index in [1.165, 1.54) is 4.31 Å². The van der Waals surface area contributed by atoms with E-state index in [0.29, 0.717) is 18.6 Å². The summed E-state index contributed by atoms with van der Waals surface area (Å²) in [6, 6.07) is 6.71. The number of piperidine rings is 1. The van der Waals surface area contributed by atoms with Gasteiger partial charge in [-0.3, -0.25) is 19.3 Å². The van der Waals surface area contributed by atoms with Crippen molar-refractivity contribution in [3.05, 3.63) is 29.8 Å². The Morgan fingerprint density at radius 3 is 2.23 bits per heavy atom. The lowest BCUT2D eigenvalue weighted by atomic mass is 9.98. The number of likely N-dealkylation sites (tertiary alicyclic amines) is 1. The van der Waals surface area contributed by atoms with Gasteiger partial charge in [-0.2, -0.15) is 9.41 Å². The van der Waals surface area contributed by atoms with Crippen LogP contribution in [0.5, 0.6) is 0 Å². The Bertz CT molecular complexity index is 947. The van der Waals surface area contributed by atoms with Crippen molar-refractivity contribution >= 4 is 33.5 Å². The zero-order valence-electron chi connectivity index (χ0n) is 17.1. The Hall–Kier alpha value is -2.59. The van der Waals surface area contributed by atoms with E-state index < -0.39 is 10.0 Å². The van der Waals surface area contributed by atoms with Crippen LogP contribution in [0, 0.1) is 12.8 Å². The van der Waals surface area contributed by atoms with E-state index in [1.807, 2.05) is 6.92 Å². The minimum absolute atomic E-state index is 0.0607. The monoisotopic (exact) mass is 434 g/mol. The summed E-state index contributed by atoms with van der Waals surface area (Å²) in [6.45, 7) is 4.11. The molecule has 0 unspecified atom stereocenters. The molecule has 0 atom stereocenters. The van der Waals surface area contributed by atoms with Gasteiger partial charge in [0.1, 0.15) is 0 Å². The summed E-state index contributed by atoms with van der Waals surface area (Å²) in [5.41, 5.74) is 3.91. The number of nitrogens with one attached hydrogen (secondary N) is 1. The molecule has 1 N–H and O–H groups in total. The summed E-state index contributed by atoms with van der Waals surface area (Å²) >= 11 is 0. The van der Waals surface area contributed by atoms with Gasteiger partial charge in [-0.05, 0) is 38.8 Å². The number of imide groups is 1. The summed E-state index contributed by atoms with van der Waals surface area (Å²) in [7, 11) is -3.57. The van der Waals surface area contributed by atoms with Crippen LogP contribution >= 0.6 is 0 Å². The third-order valence-electron chi connectivity index (χ3n) is 5.38. The first-order valence-corrected chi connectivity index (χ1v) is 11.4. The quantitative estimate of drug-likeness (QED) is 0.408. The maximum atomic E-state index is 12.8. The van der Waals surface area contributed by atoms with Crippen molar-refractivity contribution in [1.29, 1.82) is 0 Å². The van der Waals surface area contributed by atoms with E-state index in [-0.39, 0.29) is 61.0 Å². The lowest BCUT2D eigenvalue weighted by Gasteiger charge is -2.30. The molecule has 0 aliphatic carbocycles. The van der Waals surface area contributed by atoms with Crippen molar-refractivity contribution in [3.8, 4) is 0 Å². The number of nitrogens with zero attached hydrogens (tertiary/aromatic N) is 3. The van der Waals surface area contributed by atoms with E-state index in [9.17, 15) is 22.8 Å². The molecule has 0 spiro atoms. The third kappa shape index (κ3) is 4.93. The van der Waals surface area contributed by atoms with Gasteiger partial charge in [0, 0.05) is 31.8 Å². The van der Waals surface area contributed by atoms with Crippen LogP contribution in [0.25, 0.3) is 0 Å². The second-order valence-electron chi connectivity index (χ2n) is 7.69. The third-order valence-corrected chi connectivity index (χ3v) is 7.30. The predicted octanol–water partition coefficient (Wildman–Crippen LogP) is 1.04. The van der Waals surface area contributed by atoms with Gasteiger partial charge >= 0.3 is 0 Å². The van der Waals surface area contributed by atoms with Crippen LogP contribution in [-0.4, -0.2) is 60.7 Å². The fourth-order valence-electron chi connectivity index (χ4n) is 3.52. The molecule has 1 aromatic rings. The molecular weight excluding hydrogens is 408 g/mol. The van der Waals surface area contributed by atoms with Gasteiger partial charge in [0.2, 0.25) is 27.7 Å². The largest absolute Gasteiger partial charge is 0.277 e. The highest BCUT2D eigenvalue weighted by atomic mass is 32.2. The summed E-state index contributed by atoms with van der Waals surface area (Å²) in [6.07, 6.45) is 1.22. The summed E-state index contributed by atoms with van der Waals surface area (Å²) < 4.78 is 26.9. The summed E-state index contributed by atoms with van der Waals surface area (Å²) in [5.74, 6) is -1.10. The van der Waals surface area contributed by atoms with Crippen LogP contribution in [0.4, 0.5) is 0 Å². The second-order valence-corrected chi connectivity index (χ2v) is 9.63. The average molecular weight is 435 g/mol. The van der Waals surface area contributed by atoms with E-state index in [2.05, 4.69) is 10.5 Å². The van der Waals surface area contributed by atoms with Crippen LogP contribution in [0.1, 0.15) is 38.2 Å². The predicted molar refractivity (Wildman–Crippen MR) is 110 cm³/mol. The van der Waals surface area contributed by atoms with Crippen molar-refractivity contribution in [2.45, 2.75) is 44.4 Å². The lowest BCUT2D eigenvalue weighted by Crippen LogP contribution is -2.42. The van der Waals surface area contributed by atoms with Crippen LogP contribution in [0.15, 0.2) is 34.3 Å². The molecule has 0 bridgehead atoms. The first-order valence-electron chi connectivity index (χ1n) is 9.91. The molecular formula is C20H26N4O5S. The highest BCUT2D eigenvalue weighted by Gasteiger charge is 2.32. The number of rotatable bonds is 6. The molecule has 0 radical (unpaired) electrons. The molecule has 2 aliphatic rings. The van der Waals surface area contributed by atoms with Gasteiger partial charge in [-0.15, -0.1) is 0 Å². The van der Waals surface area contributed by atoms with Gasteiger partial charge < -0.3 is 0 Å². The maximum Gasteiger partial charge on any atom is 0.243 e. The minimum Gasteiger partial charge on any atom is -0.277 e. The Kier molecular flexibility index (Phi) is 6.67. The standard InChI is InChI=1S/C20H26N4O5S/c1-14-3-5-17(6-4-14)30(28,29)23-11-9-16(10-12-23)20(27)22-21-15(2)13-24-18(25)7-8-19(24)26/h3-6,16H,7-13H2,1-2H3,(H,22,27). The van der Waals surface area contributed by atoms with Crippen molar-refractivity contribution in [3.63, 3.8) is 0 Å². The van der Waals surface area contributed by atoms with Gasteiger partial charge in [0.25, 0.3) is 0 Å². The Morgan fingerprint density at radius 2 is 1.67 bits per heavy atom. The average Bonchev–Trinajstić information content (AvgIpc) is 3.04. The molecule has 2 heterocycles. The number of amides is 3. The number of benzene rings is 1. The van der Waals surface area contributed by atoms with Crippen molar-refractivity contribution < 1.29 is 22.8 Å². The number of hydrazone groups is 1. The van der Waals surface area contributed by atoms with E-state index in [4.69, 9.17) is 0 Å². The van der Waals surface area contributed by atoms with Crippen LogP contribution < -0.4 is 5.43 Å². The molecule has 30 heavy (non-hydrogen) atoms. The van der Waals surface area contributed by atoms with Crippen LogP contribution in [0.3, 0.4) is 0 Å². The highest BCUT2D eigenvalue weighted by Crippen LogP contribution is 2.24. The first-order chi connectivity index (χ1) is 14.2. The molecule has 1 aromatic carbocycles. The van der Waals surface area contributed by atoms with Crippen molar-refractivity contribution in [2.75, 3.05) is 19.6 Å². The zero-order chi connectivity index (χ0) is 21.9. The highest BCUT2D eigenvalue weighted by molar-refractivity contribution is 7.89. The number of hydrogen-bond donors (Lipinski definition) is 1. The van der Waals surface area contributed by atoms with Crippen molar-refractivity contribution in [1.82, 2.24) is 14.6 Å². The fourth-order valence-corrected chi connectivity index (χ4v) is 4.99. The van der Waals surface area contributed by atoms with Crippen LogP contribution in [-0.2, 0) is 24.4 Å². The van der Waals surface area contributed by atoms with Crippen LogP contribution in [0.2, 0.25) is 0 Å². The Morgan fingerprint density at radius 1 is 1.10 bits per heavy atom. The molecule has 10 heteroatoms. The zero-order valence-corrected chi connectivity index (χ0v) is 17.9. The normalized spacial score (nSPS) is 19.4. The minimum atomic E-state index is -3.57. The molecule has 0 saturated carbocycles. The van der Waals surface area contributed by atoms with E-state index in [0.717, 1.165) is 10.5 Å². The second kappa shape index (κ2) is 9.05. The topological polar surface area (TPSA) is 116 Å². The smallest absolute Gasteiger partial charge is 0.243 e. The molecule has 3 amide bonds. The molecule has 9 nitrogen and oxygen atoms in total. The van der Waals surface area contributed by atoms with Crippen molar-refractivity contribution in [2.24, 2.45) is 11.0 Å².